The van der Waals surface area contributed by atoms with Crippen LogP contribution in [0.2, 0.25) is 0 Å². The van der Waals surface area contributed by atoms with Crippen LogP contribution in [0.1, 0.15) is 51.7 Å². The van der Waals surface area contributed by atoms with Gasteiger partial charge in [-0.2, -0.15) is 13.2 Å². The molecule has 0 saturated heterocycles. The lowest BCUT2D eigenvalue weighted by Gasteiger charge is -2.22. The van der Waals surface area contributed by atoms with E-state index in [1.54, 1.807) is 12.1 Å². The van der Waals surface area contributed by atoms with Crippen molar-refractivity contribution in [3.63, 3.8) is 0 Å². The van der Waals surface area contributed by atoms with Crippen molar-refractivity contribution in [3.05, 3.63) is 29.3 Å². The average molecular weight is 319 g/mol. The van der Waals surface area contributed by atoms with Gasteiger partial charge in [-0.05, 0) is 50.6 Å². The molecule has 0 radical (unpaired) electrons. The zero-order valence-corrected chi connectivity index (χ0v) is 13.9. The number of alkyl halides is 3. The van der Waals surface area contributed by atoms with Gasteiger partial charge >= 0.3 is 6.18 Å². The Balaban J connectivity index is 2.92. The number of unbranched alkanes of at least 4 members (excludes halogenated alkanes) is 1. The van der Waals surface area contributed by atoms with Crippen molar-refractivity contribution in [2.45, 2.75) is 63.7 Å². The molecule has 0 fully saturated rings. The van der Waals surface area contributed by atoms with Crippen LogP contribution in [-0.4, -0.2) is 11.3 Å². The second-order valence-electron chi connectivity index (χ2n) is 6.12. The summed E-state index contributed by atoms with van der Waals surface area (Å²) in [6.45, 7) is 8.11. The highest BCUT2D eigenvalue weighted by molar-refractivity contribution is 7.99. The molecule has 0 bridgehead atoms. The lowest BCUT2D eigenvalue weighted by Crippen LogP contribution is -2.35. The molecule has 1 N–H and O–H groups in total. The molecule has 1 aromatic rings. The van der Waals surface area contributed by atoms with Crippen LogP contribution in [0.25, 0.3) is 0 Å². The van der Waals surface area contributed by atoms with Crippen LogP contribution in [0, 0.1) is 0 Å². The minimum Gasteiger partial charge on any atom is -0.308 e. The molecule has 0 aliphatic carbocycles. The smallest absolute Gasteiger partial charge is 0.308 e. The fourth-order valence-corrected chi connectivity index (χ4v) is 2.79. The SMILES string of the molecule is CCCCSc1ccc(CNC(C)(C)C)c(C(F)(F)F)c1. The van der Waals surface area contributed by atoms with Crippen LogP contribution in [0.3, 0.4) is 0 Å². The highest BCUT2D eigenvalue weighted by Gasteiger charge is 2.33. The maximum Gasteiger partial charge on any atom is 0.416 e. The largest absolute Gasteiger partial charge is 0.416 e. The van der Waals surface area contributed by atoms with Crippen molar-refractivity contribution >= 4 is 11.8 Å². The van der Waals surface area contributed by atoms with Gasteiger partial charge in [0.2, 0.25) is 0 Å². The molecule has 0 aliphatic rings. The van der Waals surface area contributed by atoms with Crippen molar-refractivity contribution in [2.75, 3.05) is 5.75 Å². The number of thioether (sulfide) groups is 1. The van der Waals surface area contributed by atoms with Gasteiger partial charge in [-0.1, -0.05) is 19.4 Å². The molecular formula is C16H24F3NS. The van der Waals surface area contributed by atoms with Gasteiger partial charge in [0.25, 0.3) is 0 Å². The Labute approximate surface area is 129 Å². The minimum absolute atomic E-state index is 0.211. The first-order valence-electron chi connectivity index (χ1n) is 7.21. The zero-order valence-electron chi connectivity index (χ0n) is 13.1. The Morgan fingerprint density at radius 1 is 1.14 bits per heavy atom. The molecule has 0 aromatic heterocycles. The van der Waals surface area contributed by atoms with Crippen LogP contribution < -0.4 is 5.32 Å². The summed E-state index contributed by atoms with van der Waals surface area (Å²) >= 11 is 1.49. The summed E-state index contributed by atoms with van der Waals surface area (Å²) < 4.78 is 39.6. The summed E-state index contributed by atoms with van der Waals surface area (Å²) in [5.74, 6) is 0.855. The molecule has 0 spiro atoms. The minimum atomic E-state index is -4.31. The van der Waals surface area contributed by atoms with Crippen molar-refractivity contribution in [1.29, 1.82) is 0 Å². The Morgan fingerprint density at radius 3 is 2.33 bits per heavy atom. The number of nitrogens with one attached hydrogen (secondary N) is 1. The topological polar surface area (TPSA) is 12.0 Å². The van der Waals surface area contributed by atoms with Gasteiger partial charge in [-0.3, -0.25) is 0 Å². The lowest BCUT2D eigenvalue weighted by molar-refractivity contribution is -0.138. The second kappa shape index (κ2) is 7.54. The molecule has 1 aromatic carbocycles. The van der Waals surface area contributed by atoms with Crippen molar-refractivity contribution in [3.8, 4) is 0 Å². The number of hydrogen-bond acceptors (Lipinski definition) is 2. The molecule has 0 saturated carbocycles. The van der Waals surface area contributed by atoms with Gasteiger partial charge < -0.3 is 5.32 Å². The van der Waals surface area contributed by atoms with Gasteiger partial charge in [0.15, 0.2) is 0 Å². The quantitative estimate of drug-likeness (QED) is 0.550. The van der Waals surface area contributed by atoms with Crippen molar-refractivity contribution < 1.29 is 13.2 Å². The van der Waals surface area contributed by atoms with E-state index in [4.69, 9.17) is 0 Å². The van der Waals surface area contributed by atoms with E-state index >= 15 is 0 Å². The molecule has 120 valence electrons. The first kappa shape index (κ1) is 18.4. The number of benzene rings is 1. The standard InChI is InChI=1S/C16H24F3NS/c1-5-6-9-21-13-8-7-12(11-20-15(2,3)4)14(10-13)16(17,18)19/h7-8,10,20H,5-6,9,11H2,1-4H3. The maximum absolute atomic E-state index is 13.2. The third kappa shape index (κ3) is 6.74. The van der Waals surface area contributed by atoms with Crippen molar-refractivity contribution in [2.24, 2.45) is 0 Å². The van der Waals surface area contributed by atoms with E-state index in [0.717, 1.165) is 18.6 Å². The summed E-state index contributed by atoms with van der Waals surface area (Å²) in [5.41, 5.74) is -0.435. The highest BCUT2D eigenvalue weighted by atomic mass is 32.2. The summed E-state index contributed by atoms with van der Waals surface area (Å²) in [6.07, 6.45) is -2.25. The summed E-state index contributed by atoms with van der Waals surface area (Å²) in [7, 11) is 0. The Hall–Kier alpha value is -0.680. The second-order valence-corrected chi connectivity index (χ2v) is 7.29. The monoisotopic (exact) mass is 319 g/mol. The summed E-state index contributed by atoms with van der Waals surface area (Å²) in [4.78, 5) is 0.690. The highest BCUT2D eigenvalue weighted by Crippen LogP contribution is 2.35. The molecule has 0 amide bonds. The molecule has 0 heterocycles. The third-order valence-corrected chi connectivity index (χ3v) is 4.04. The number of hydrogen-bond donors (Lipinski definition) is 1. The third-order valence-electron chi connectivity index (χ3n) is 2.96. The molecule has 0 aliphatic heterocycles. The van der Waals surface area contributed by atoms with E-state index in [-0.39, 0.29) is 12.1 Å². The molecule has 0 atom stereocenters. The summed E-state index contributed by atoms with van der Waals surface area (Å²) in [6, 6.07) is 4.66. The lowest BCUT2D eigenvalue weighted by atomic mass is 10.0. The first-order chi connectivity index (χ1) is 9.63. The molecule has 21 heavy (non-hydrogen) atoms. The van der Waals surface area contributed by atoms with E-state index in [2.05, 4.69) is 12.2 Å². The van der Waals surface area contributed by atoms with Crippen LogP contribution in [0.15, 0.2) is 23.1 Å². The van der Waals surface area contributed by atoms with E-state index in [0.29, 0.717) is 10.5 Å². The Morgan fingerprint density at radius 2 is 1.81 bits per heavy atom. The van der Waals surface area contributed by atoms with E-state index < -0.39 is 11.7 Å². The van der Waals surface area contributed by atoms with E-state index in [1.165, 1.54) is 17.8 Å². The zero-order chi connectivity index (χ0) is 16.1. The molecule has 1 nitrogen and oxygen atoms in total. The number of rotatable bonds is 6. The predicted octanol–water partition coefficient (Wildman–Crippen LogP) is 5.49. The van der Waals surface area contributed by atoms with Gasteiger partial charge in [0, 0.05) is 17.0 Å². The fraction of sp³-hybridized carbons (Fsp3) is 0.625. The normalized spacial score (nSPS) is 12.7. The molecular weight excluding hydrogens is 295 g/mol. The van der Waals surface area contributed by atoms with Crippen LogP contribution in [-0.2, 0) is 12.7 Å². The number of halogens is 3. The van der Waals surface area contributed by atoms with E-state index in [1.807, 2.05) is 20.8 Å². The van der Waals surface area contributed by atoms with E-state index in [9.17, 15) is 13.2 Å². The van der Waals surface area contributed by atoms with Crippen LogP contribution >= 0.6 is 11.8 Å². The first-order valence-corrected chi connectivity index (χ1v) is 8.20. The fourth-order valence-electron chi connectivity index (χ4n) is 1.76. The maximum atomic E-state index is 13.2. The predicted molar refractivity (Wildman–Crippen MR) is 83.7 cm³/mol. The van der Waals surface area contributed by atoms with Gasteiger partial charge in [0.1, 0.15) is 0 Å². The molecule has 0 unspecified atom stereocenters. The average Bonchev–Trinajstić information content (AvgIpc) is 2.35. The Bertz CT molecular complexity index is 450. The van der Waals surface area contributed by atoms with Crippen molar-refractivity contribution in [1.82, 2.24) is 5.32 Å². The molecule has 1 rings (SSSR count). The van der Waals surface area contributed by atoms with Gasteiger partial charge in [0.05, 0.1) is 5.56 Å². The van der Waals surface area contributed by atoms with Gasteiger partial charge in [-0.25, -0.2) is 0 Å². The molecule has 5 heteroatoms. The summed E-state index contributed by atoms with van der Waals surface area (Å²) in [5, 5.41) is 3.12. The van der Waals surface area contributed by atoms with Gasteiger partial charge in [-0.15, -0.1) is 11.8 Å². The Kier molecular flexibility index (Phi) is 6.60. The van der Waals surface area contributed by atoms with Crippen LogP contribution in [0.5, 0.6) is 0 Å². The van der Waals surface area contributed by atoms with Crippen LogP contribution in [0.4, 0.5) is 13.2 Å².